The molecule has 3 rings (SSSR count). The summed E-state index contributed by atoms with van der Waals surface area (Å²) in [5, 5.41) is 9.42. The number of carbonyl (C=O) groups excluding carboxylic acids is 1. The van der Waals surface area contributed by atoms with E-state index in [2.05, 4.69) is 4.90 Å². The maximum Gasteiger partial charge on any atom is 0.237 e. The Kier molecular flexibility index (Phi) is 5.18. The number of nitrogens with zero attached hydrogens (tertiary/aromatic N) is 2. The summed E-state index contributed by atoms with van der Waals surface area (Å²) in [6.45, 7) is 2.15. The molecule has 0 radical (unpaired) electrons. The Morgan fingerprint density at radius 1 is 1.30 bits per heavy atom. The number of amides is 1. The van der Waals surface area contributed by atoms with Gasteiger partial charge in [0.1, 0.15) is 5.75 Å². The Labute approximate surface area is 137 Å². The van der Waals surface area contributed by atoms with Crippen molar-refractivity contribution in [2.45, 2.75) is 44.3 Å². The zero-order valence-electron chi connectivity index (χ0n) is 13.8. The molecule has 1 atom stereocenters. The highest BCUT2D eigenvalue weighted by Gasteiger charge is 2.34. The summed E-state index contributed by atoms with van der Waals surface area (Å²) in [4.78, 5) is 16.9. The van der Waals surface area contributed by atoms with Crippen molar-refractivity contribution in [1.29, 1.82) is 0 Å². The number of benzene rings is 1. The molecule has 0 aromatic heterocycles. The first-order valence-electron chi connectivity index (χ1n) is 8.48. The highest BCUT2D eigenvalue weighted by atomic mass is 16.5. The van der Waals surface area contributed by atoms with Gasteiger partial charge in [-0.25, -0.2) is 0 Å². The summed E-state index contributed by atoms with van der Waals surface area (Å²) in [5.74, 6) is 1.02. The lowest BCUT2D eigenvalue weighted by Gasteiger charge is -2.28. The first-order chi connectivity index (χ1) is 11.2. The van der Waals surface area contributed by atoms with Crippen LogP contribution in [0.5, 0.6) is 5.75 Å². The van der Waals surface area contributed by atoms with E-state index in [1.807, 2.05) is 29.2 Å². The highest BCUT2D eigenvalue weighted by Crippen LogP contribution is 2.29. The fourth-order valence-electron chi connectivity index (χ4n) is 3.31. The van der Waals surface area contributed by atoms with Gasteiger partial charge in [0.2, 0.25) is 5.91 Å². The van der Waals surface area contributed by atoms with E-state index in [-0.39, 0.29) is 18.6 Å². The summed E-state index contributed by atoms with van der Waals surface area (Å²) in [6, 6.07) is 8.46. The van der Waals surface area contributed by atoms with Crippen molar-refractivity contribution in [2.24, 2.45) is 0 Å². The monoisotopic (exact) mass is 318 g/mol. The predicted molar refractivity (Wildman–Crippen MR) is 88.2 cm³/mol. The zero-order chi connectivity index (χ0) is 16.2. The molecule has 1 saturated heterocycles. The molecule has 0 spiro atoms. The van der Waals surface area contributed by atoms with Crippen molar-refractivity contribution in [3.63, 3.8) is 0 Å². The fourth-order valence-corrected chi connectivity index (χ4v) is 3.31. The van der Waals surface area contributed by atoms with E-state index in [4.69, 9.17) is 4.74 Å². The summed E-state index contributed by atoms with van der Waals surface area (Å²) in [6.07, 6.45) is 4.27. The molecule has 1 aliphatic heterocycles. The molecule has 1 saturated carbocycles. The lowest BCUT2D eigenvalue weighted by Crippen LogP contribution is -2.43. The molecular weight excluding hydrogens is 292 g/mol. The normalized spacial score (nSPS) is 21.4. The summed E-state index contributed by atoms with van der Waals surface area (Å²) in [7, 11) is 1.66. The smallest absolute Gasteiger partial charge is 0.237 e. The van der Waals surface area contributed by atoms with Gasteiger partial charge in [0.25, 0.3) is 0 Å². The Bertz CT molecular complexity index is 528. The average molecular weight is 318 g/mol. The summed E-state index contributed by atoms with van der Waals surface area (Å²) >= 11 is 0. The van der Waals surface area contributed by atoms with Gasteiger partial charge in [-0.15, -0.1) is 0 Å². The SMILES string of the molecule is COc1ccc(CN(C(=O)CN2CCC[C@@H]2CO)C2CC2)cc1. The standard InChI is InChI=1S/C18H26N2O3/c1-23-17-8-4-14(5-9-17)11-20(15-6-7-15)18(22)12-19-10-2-3-16(19)13-21/h4-5,8-9,15-16,21H,2-3,6-7,10-13H2,1H3/t16-/m1/s1. The third kappa shape index (κ3) is 4.03. The van der Waals surface area contributed by atoms with Crippen LogP contribution in [0.1, 0.15) is 31.2 Å². The van der Waals surface area contributed by atoms with E-state index in [1.54, 1.807) is 7.11 Å². The van der Waals surface area contributed by atoms with Gasteiger partial charge in [-0.2, -0.15) is 0 Å². The van der Waals surface area contributed by atoms with Crippen molar-refractivity contribution in [3.05, 3.63) is 29.8 Å². The molecule has 0 bridgehead atoms. The lowest BCUT2D eigenvalue weighted by molar-refractivity contribution is -0.134. The van der Waals surface area contributed by atoms with Crippen LogP contribution >= 0.6 is 0 Å². The lowest BCUT2D eigenvalue weighted by atomic mass is 10.2. The summed E-state index contributed by atoms with van der Waals surface area (Å²) < 4.78 is 5.18. The van der Waals surface area contributed by atoms with E-state index in [9.17, 15) is 9.90 Å². The van der Waals surface area contributed by atoms with Crippen molar-refractivity contribution in [3.8, 4) is 5.75 Å². The van der Waals surface area contributed by atoms with Crippen LogP contribution in [0, 0.1) is 0 Å². The molecule has 126 valence electrons. The molecule has 5 heteroatoms. The van der Waals surface area contributed by atoms with Crippen LogP contribution < -0.4 is 4.74 Å². The van der Waals surface area contributed by atoms with Crippen molar-refractivity contribution in [1.82, 2.24) is 9.80 Å². The quantitative estimate of drug-likeness (QED) is 0.830. The Morgan fingerprint density at radius 2 is 2.04 bits per heavy atom. The number of carbonyl (C=O) groups is 1. The van der Waals surface area contributed by atoms with E-state index >= 15 is 0 Å². The molecule has 0 unspecified atom stereocenters. The second-order valence-electron chi connectivity index (χ2n) is 6.55. The minimum Gasteiger partial charge on any atom is -0.497 e. The van der Waals surface area contributed by atoms with Crippen molar-refractivity contribution in [2.75, 3.05) is 26.8 Å². The van der Waals surface area contributed by atoms with Crippen LogP contribution in [0.25, 0.3) is 0 Å². The maximum absolute atomic E-state index is 12.7. The number of aliphatic hydroxyl groups is 1. The minimum atomic E-state index is 0.148. The van der Waals surface area contributed by atoms with E-state index in [0.717, 1.165) is 43.5 Å². The highest BCUT2D eigenvalue weighted by molar-refractivity contribution is 5.79. The zero-order valence-corrected chi connectivity index (χ0v) is 13.8. The molecule has 1 aliphatic carbocycles. The first kappa shape index (κ1) is 16.3. The van der Waals surface area contributed by atoms with Gasteiger partial charge in [-0.1, -0.05) is 12.1 Å². The Hall–Kier alpha value is -1.59. The van der Waals surface area contributed by atoms with E-state index in [0.29, 0.717) is 19.1 Å². The average Bonchev–Trinajstić information content (AvgIpc) is 3.32. The van der Waals surface area contributed by atoms with Gasteiger partial charge in [-0.3, -0.25) is 9.69 Å². The molecule has 1 N–H and O–H groups in total. The van der Waals surface area contributed by atoms with Crippen LogP contribution in [-0.4, -0.2) is 59.7 Å². The van der Waals surface area contributed by atoms with Gasteiger partial charge < -0.3 is 14.7 Å². The minimum absolute atomic E-state index is 0.148. The third-order valence-corrected chi connectivity index (χ3v) is 4.87. The number of ether oxygens (including phenoxy) is 1. The number of likely N-dealkylation sites (tertiary alicyclic amines) is 1. The third-order valence-electron chi connectivity index (χ3n) is 4.87. The number of hydrogen-bond acceptors (Lipinski definition) is 4. The second-order valence-corrected chi connectivity index (χ2v) is 6.55. The molecule has 2 fully saturated rings. The molecule has 1 heterocycles. The molecule has 1 amide bonds. The predicted octanol–water partition coefficient (Wildman–Crippen LogP) is 1.64. The molecule has 23 heavy (non-hydrogen) atoms. The van der Waals surface area contributed by atoms with Crippen molar-refractivity contribution >= 4 is 5.91 Å². The first-order valence-corrected chi connectivity index (χ1v) is 8.48. The fraction of sp³-hybridized carbons (Fsp3) is 0.611. The molecule has 1 aromatic rings. The van der Waals surface area contributed by atoms with Gasteiger partial charge in [0, 0.05) is 18.6 Å². The number of aliphatic hydroxyl groups excluding tert-OH is 1. The molecule has 5 nitrogen and oxygen atoms in total. The molecule has 1 aromatic carbocycles. The van der Waals surface area contributed by atoms with E-state index in [1.165, 1.54) is 0 Å². The van der Waals surface area contributed by atoms with Crippen LogP contribution in [0.15, 0.2) is 24.3 Å². The number of hydrogen-bond donors (Lipinski definition) is 1. The van der Waals surface area contributed by atoms with Gasteiger partial charge in [-0.05, 0) is 49.9 Å². The Balaban J connectivity index is 1.62. The van der Waals surface area contributed by atoms with Crippen LogP contribution in [0.3, 0.4) is 0 Å². The largest absolute Gasteiger partial charge is 0.497 e. The molecular formula is C18H26N2O3. The Morgan fingerprint density at radius 3 is 2.65 bits per heavy atom. The van der Waals surface area contributed by atoms with E-state index < -0.39 is 0 Å². The van der Waals surface area contributed by atoms with Crippen LogP contribution in [-0.2, 0) is 11.3 Å². The maximum atomic E-state index is 12.7. The van der Waals surface area contributed by atoms with Gasteiger partial charge in [0.05, 0.1) is 20.3 Å². The van der Waals surface area contributed by atoms with Crippen LogP contribution in [0.4, 0.5) is 0 Å². The second kappa shape index (κ2) is 7.32. The number of rotatable bonds is 7. The van der Waals surface area contributed by atoms with Gasteiger partial charge >= 0.3 is 0 Å². The topological polar surface area (TPSA) is 53.0 Å². The molecule has 2 aliphatic rings. The van der Waals surface area contributed by atoms with Crippen LogP contribution in [0.2, 0.25) is 0 Å². The van der Waals surface area contributed by atoms with Crippen molar-refractivity contribution < 1.29 is 14.6 Å². The number of methoxy groups -OCH3 is 1. The summed E-state index contributed by atoms with van der Waals surface area (Å²) in [5.41, 5.74) is 1.13. The van der Waals surface area contributed by atoms with Gasteiger partial charge in [0.15, 0.2) is 0 Å².